The number of rotatable bonds is 22. The number of aliphatic hydroxyl groups is 2. The summed E-state index contributed by atoms with van der Waals surface area (Å²) in [6.45, 7) is 3.25. The number of carbonyl (C=O) groups excluding carboxylic acids is 7. The lowest BCUT2D eigenvalue weighted by Crippen LogP contribution is -2.60. The highest BCUT2D eigenvalue weighted by Crippen LogP contribution is 2.19. The molecule has 0 spiro atoms. The molecule has 2 aromatic heterocycles. The van der Waals surface area contributed by atoms with Crippen molar-refractivity contribution < 1.29 is 43.8 Å². The molecule has 60 heavy (non-hydrogen) atoms. The normalized spacial score (nSPS) is 14.6. The van der Waals surface area contributed by atoms with Crippen LogP contribution in [0.25, 0.3) is 10.9 Å². The number of H-pyrrole nitrogens is 2. The van der Waals surface area contributed by atoms with Crippen LogP contribution in [0, 0.1) is 0 Å². The summed E-state index contributed by atoms with van der Waals surface area (Å²) < 4.78 is 0. The van der Waals surface area contributed by atoms with Crippen LogP contribution in [0.2, 0.25) is 0 Å². The second-order valence-electron chi connectivity index (χ2n) is 14.2. The highest BCUT2D eigenvalue weighted by molar-refractivity contribution is 5.97. The van der Waals surface area contributed by atoms with Crippen LogP contribution in [-0.2, 0) is 52.8 Å². The van der Waals surface area contributed by atoms with Gasteiger partial charge in [0.25, 0.3) is 0 Å². The molecule has 0 aliphatic heterocycles. The molecule has 0 saturated carbocycles. The number of hydrogen-bond acceptors (Lipinski definition) is 11. The number of para-hydroxylation sites is 1. The number of nitrogens with two attached hydrogens (primary N) is 1. The number of amides is 7. The van der Waals surface area contributed by atoms with E-state index >= 15 is 0 Å². The highest BCUT2D eigenvalue weighted by Gasteiger charge is 2.32. The summed E-state index contributed by atoms with van der Waals surface area (Å²) in [6, 6.07) is 7.65. The Morgan fingerprint density at radius 3 is 1.77 bits per heavy atom. The minimum atomic E-state index is -1.27. The molecule has 0 fully saturated rings. The van der Waals surface area contributed by atoms with E-state index in [0.717, 1.165) is 10.9 Å². The van der Waals surface area contributed by atoms with E-state index in [0.29, 0.717) is 16.8 Å². The predicted molar refractivity (Wildman–Crippen MR) is 218 cm³/mol. The van der Waals surface area contributed by atoms with Crippen LogP contribution in [0.3, 0.4) is 0 Å². The molecule has 4 aromatic rings. The van der Waals surface area contributed by atoms with Crippen LogP contribution in [0.1, 0.15) is 37.6 Å². The van der Waals surface area contributed by atoms with Crippen LogP contribution in [-0.4, -0.2) is 129 Å². The Hall–Kier alpha value is -6.64. The van der Waals surface area contributed by atoms with Gasteiger partial charge >= 0.3 is 0 Å². The van der Waals surface area contributed by atoms with Crippen LogP contribution < -0.4 is 43.0 Å². The average molecular weight is 832 g/mol. The Bertz CT molecular complexity index is 2080. The van der Waals surface area contributed by atoms with Gasteiger partial charge in [0, 0.05) is 54.8 Å². The molecule has 20 nitrogen and oxygen atoms in total. The van der Waals surface area contributed by atoms with E-state index in [2.05, 4.69) is 52.2 Å². The van der Waals surface area contributed by atoms with Gasteiger partial charge in [-0.1, -0.05) is 48.5 Å². The van der Waals surface area contributed by atoms with Crippen molar-refractivity contribution in [1.82, 2.24) is 52.2 Å². The fraction of sp³-hybridized carbons (Fsp3) is 0.400. The highest BCUT2D eigenvalue weighted by atomic mass is 16.3. The molecule has 2 heterocycles. The Labute approximate surface area is 345 Å². The van der Waals surface area contributed by atoms with Crippen LogP contribution >= 0.6 is 0 Å². The van der Waals surface area contributed by atoms with Gasteiger partial charge < -0.3 is 63.1 Å². The summed E-state index contributed by atoms with van der Waals surface area (Å²) in [7, 11) is 0. The molecule has 20 heteroatoms. The van der Waals surface area contributed by atoms with Gasteiger partial charge in [0.05, 0.1) is 19.5 Å². The number of aromatic nitrogens is 3. The first-order chi connectivity index (χ1) is 28.7. The minimum absolute atomic E-state index is 0.0137. The lowest BCUT2D eigenvalue weighted by atomic mass is 10.0. The number of imidazole rings is 1. The summed E-state index contributed by atoms with van der Waals surface area (Å²) in [5.74, 6) is -5.03. The molecular weight excluding hydrogens is 779 g/mol. The summed E-state index contributed by atoms with van der Waals surface area (Å²) in [4.78, 5) is 103. The minimum Gasteiger partial charge on any atom is -0.395 e. The molecular formula is C40H53N11O9. The third-order valence-corrected chi connectivity index (χ3v) is 9.46. The summed E-state index contributed by atoms with van der Waals surface area (Å²) in [6.07, 6.45) is 4.47. The molecule has 7 amide bonds. The molecule has 0 saturated heterocycles. The van der Waals surface area contributed by atoms with Crippen LogP contribution in [0.15, 0.2) is 73.3 Å². The summed E-state index contributed by atoms with van der Waals surface area (Å²) in [5.41, 5.74) is 8.20. The molecule has 322 valence electrons. The van der Waals surface area contributed by atoms with E-state index in [1.165, 1.54) is 33.3 Å². The van der Waals surface area contributed by atoms with Crippen molar-refractivity contribution in [3.8, 4) is 0 Å². The summed E-state index contributed by atoms with van der Waals surface area (Å²) >= 11 is 0. The lowest BCUT2D eigenvalue weighted by molar-refractivity contribution is -0.135. The first-order valence-electron chi connectivity index (χ1n) is 19.3. The second kappa shape index (κ2) is 22.5. The maximum atomic E-state index is 14.0. The third kappa shape index (κ3) is 13.5. The fourth-order valence-corrected chi connectivity index (χ4v) is 6.04. The van der Waals surface area contributed by atoms with Gasteiger partial charge in [-0.3, -0.25) is 33.6 Å². The number of carbonyl (C=O) groups is 7. The molecule has 13 N–H and O–H groups in total. The number of aliphatic hydroxyl groups excluding tert-OH is 2. The van der Waals surface area contributed by atoms with Gasteiger partial charge in [-0.25, -0.2) is 4.98 Å². The Morgan fingerprint density at radius 1 is 0.633 bits per heavy atom. The van der Waals surface area contributed by atoms with Crippen LogP contribution in [0.5, 0.6) is 0 Å². The van der Waals surface area contributed by atoms with Crippen molar-refractivity contribution in [2.75, 3.05) is 19.8 Å². The smallest absolute Gasteiger partial charge is 0.243 e. The van der Waals surface area contributed by atoms with Crippen molar-refractivity contribution in [2.24, 2.45) is 5.73 Å². The van der Waals surface area contributed by atoms with E-state index in [9.17, 15) is 38.7 Å². The Kier molecular flexibility index (Phi) is 17.3. The van der Waals surface area contributed by atoms with Crippen molar-refractivity contribution in [3.63, 3.8) is 0 Å². The third-order valence-electron chi connectivity index (χ3n) is 9.46. The van der Waals surface area contributed by atoms with E-state index in [4.69, 9.17) is 10.8 Å². The Morgan fingerprint density at radius 2 is 1.17 bits per heavy atom. The van der Waals surface area contributed by atoms with Gasteiger partial charge in [-0.05, 0) is 38.0 Å². The topological polar surface area (TPSA) is 315 Å². The maximum Gasteiger partial charge on any atom is 0.243 e. The first-order valence-corrected chi connectivity index (χ1v) is 19.3. The predicted octanol–water partition coefficient (Wildman–Crippen LogP) is -2.68. The van der Waals surface area contributed by atoms with Gasteiger partial charge in [-0.15, -0.1) is 0 Å². The number of hydrogen-bond donors (Lipinski definition) is 12. The number of fused-ring (bicyclic) bond motifs is 1. The molecule has 0 bridgehead atoms. The number of aromatic amines is 2. The Balaban J connectivity index is 1.52. The van der Waals surface area contributed by atoms with Crippen molar-refractivity contribution in [2.45, 2.75) is 82.3 Å². The van der Waals surface area contributed by atoms with Crippen LogP contribution in [0.4, 0.5) is 0 Å². The maximum absolute atomic E-state index is 14.0. The van der Waals surface area contributed by atoms with E-state index in [1.54, 1.807) is 36.5 Å². The zero-order valence-corrected chi connectivity index (χ0v) is 33.5. The van der Waals surface area contributed by atoms with Gasteiger partial charge in [0.1, 0.15) is 42.3 Å². The molecule has 0 aliphatic rings. The molecule has 2 aromatic carbocycles. The van der Waals surface area contributed by atoms with Gasteiger partial charge in [-0.2, -0.15) is 0 Å². The van der Waals surface area contributed by atoms with Crippen molar-refractivity contribution in [1.29, 1.82) is 0 Å². The molecule has 0 aliphatic carbocycles. The fourth-order valence-electron chi connectivity index (χ4n) is 6.04. The largest absolute Gasteiger partial charge is 0.395 e. The first kappa shape index (κ1) is 46.1. The summed E-state index contributed by atoms with van der Waals surface area (Å²) in [5, 5.41) is 37.1. The molecule has 0 radical (unpaired) electrons. The molecule has 7 atom stereocenters. The lowest BCUT2D eigenvalue weighted by Gasteiger charge is -2.26. The second-order valence-corrected chi connectivity index (χ2v) is 14.2. The zero-order chi connectivity index (χ0) is 43.8. The number of nitrogens with one attached hydrogen (secondary N) is 9. The van der Waals surface area contributed by atoms with E-state index in [-0.39, 0.29) is 32.4 Å². The zero-order valence-electron chi connectivity index (χ0n) is 33.5. The number of benzene rings is 2. The van der Waals surface area contributed by atoms with Crippen molar-refractivity contribution >= 4 is 52.3 Å². The molecule has 0 unspecified atom stereocenters. The number of nitrogens with zero attached hydrogens (tertiary/aromatic N) is 1. The standard InChI is InChI=1S/C40H53N11O9/c1-22(34(54)43-13-14-52)47-39(59)33(17-27-19-42-21-45-27)51-40(60)31(15-25-9-5-4-6-10-25)49-36(56)24(3)48-38(58)32(16-26-18-44-30-12-8-7-11-28(26)30)50-35(55)23(2)46-37(57)29(41)20-53/h4-12,18-19,21-24,29,31-33,44,52-53H,13-17,20,41H2,1-3H3,(H,42,45)(H,43,54)(H,46,57)(H,47,59)(H,48,58)(H,49,56)(H,50,55)(H,51,60)/t22-,23-,24-,29-,31-,32-,33-/m0/s1. The molecule has 4 rings (SSSR count). The van der Waals surface area contributed by atoms with Gasteiger partial charge in [0.15, 0.2) is 0 Å². The van der Waals surface area contributed by atoms with Crippen molar-refractivity contribution in [3.05, 3.63) is 90.1 Å². The monoisotopic (exact) mass is 831 g/mol. The quantitative estimate of drug-likeness (QED) is 0.0387. The average Bonchev–Trinajstić information content (AvgIpc) is 3.91. The van der Waals surface area contributed by atoms with E-state index in [1.807, 2.05) is 24.3 Å². The van der Waals surface area contributed by atoms with E-state index < -0.39 is 90.3 Å². The SMILES string of the molecule is C[C@H](NC(=O)[C@H](Cc1c[nH]c2ccccc12)NC(=O)[C@H](C)NC(=O)[C@@H](N)CO)C(=O)N[C@@H](Cc1ccccc1)C(=O)N[C@@H](Cc1cnc[nH]1)C(=O)N[C@@H](C)C(=O)NCCO. The van der Waals surface area contributed by atoms with Gasteiger partial charge in [0.2, 0.25) is 41.4 Å².